The molecule has 5 heteroatoms. The highest BCUT2D eigenvalue weighted by atomic mass is 15.4. The second-order valence-corrected chi connectivity index (χ2v) is 6.47. The monoisotopic (exact) mass is 265 g/mol. The highest BCUT2D eigenvalue weighted by molar-refractivity contribution is 4.96. The summed E-state index contributed by atoms with van der Waals surface area (Å²) in [6, 6.07) is 0.565. The number of piperazine rings is 1. The Hall–Kier alpha value is -0.940. The fourth-order valence-electron chi connectivity index (χ4n) is 2.88. The molecule has 1 fully saturated rings. The van der Waals surface area contributed by atoms with Crippen molar-refractivity contribution in [2.75, 3.05) is 13.1 Å². The number of hydrogen-bond donors (Lipinski definition) is 1. The Morgan fingerprint density at radius 3 is 2.84 bits per heavy atom. The van der Waals surface area contributed by atoms with Gasteiger partial charge in [0.1, 0.15) is 12.2 Å². The van der Waals surface area contributed by atoms with Crippen LogP contribution in [-0.2, 0) is 13.1 Å². The number of aryl methyl sites for hydroxylation is 1. The third-order valence-electron chi connectivity index (χ3n) is 3.97. The van der Waals surface area contributed by atoms with Crippen LogP contribution in [0.1, 0.15) is 40.4 Å². The number of aromatic nitrogens is 3. The predicted molar refractivity (Wildman–Crippen MR) is 76.8 cm³/mol. The molecule has 0 saturated carbocycles. The molecule has 0 aliphatic carbocycles. The van der Waals surface area contributed by atoms with E-state index in [1.54, 1.807) is 6.33 Å². The molecule has 1 aromatic rings. The summed E-state index contributed by atoms with van der Waals surface area (Å²) in [6.07, 6.45) is 1.66. The smallest absolute Gasteiger partial charge is 0.141 e. The van der Waals surface area contributed by atoms with Gasteiger partial charge in [0, 0.05) is 31.2 Å². The highest BCUT2D eigenvalue weighted by Crippen LogP contribution is 2.21. The average molecular weight is 265 g/mol. The van der Waals surface area contributed by atoms with Gasteiger partial charge in [-0.2, -0.15) is 5.10 Å². The molecular weight excluding hydrogens is 238 g/mol. The molecule has 1 aliphatic heterocycles. The second-order valence-electron chi connectivity index (χ2n) is 6.47. The zero-order valence-corrected chi connectivity index (χ0v) is 12.8. The Bertz CT molecular complexity index is 410. The molecule has 1 unspecified atom stereocenters. The summed E-state index contributed by atoms with van der Waals surface area (Å²) in [5.74, 6) is 1.72. The van der Waals surface area contributed by atoms with Crippen molar-refractivity contribution in [3.63, 3.8) is 0 Å². The zero-order valence-electron chi connectivity index (χ0n) is 12.8. The minimum absolute atomic E-state index is 0.169. The molecule has 2 heterocycles. The van der Waals surface area contributed by atoms with Crippen LogP contribution in [0.4, 0.5) is 0 Å². The molecule has 1 N–H and O–H groups in total. The molecule has 0 radical (unpaired) electrons. The lowest BCUT2D eigenvalue weighted by molar-refractivity contribution is 0.0593. The molecular formula is C14H27N5. The quantitative estimate of drug-likeness (QED) is 0.896. The van der Waals surface area contributed by atoms with Gasteiger partial charge >= 0.3 is 0 Å². The van der Waals surface area contributed by atoms with Gasteiger partial charge in [-0.05, 0) is 26.7 Å². The standard InChI is InChI=1S/C14H27N5/c1-6-19-13(15-10-17-19)8-18-9-14(4,5)16-7-12(18)11(2)3/h10-12,16H,6-9H2,1-5H3. The summed E-state index contributed by atoms with van der Waals surface area (Å²) in [5, 5.41) is 7.91. The fraction of sp³-hybridized carbons (Fsp3) is 0.857. The van der Waals surface area contributed by atoms with Gasteiger partial charge in [0.2, 0.25) is 0 Å². The topological polar surface area (TPSA) is 46.0 Å². The first-order valence-electron chi connectivity index (χ1n) is 7.28. The van der Waals surface area contributed by atoms with Gasteiger partial charge in [-0.15, -0.1) is 0 Å². The minimum Gasteiger partial charge on any atom is -0.309 e. The number of nitrogens with zero attached hydrogens (tertiary/aromatic N) is 4. The maximum absolute atomic E-state index is 4.41. The highest BCUT2D eigenvalue weighted by Gasteiger charge is 2.34. The molecule has 108 valence electrons. The van der Waals surface area contributed by atoms with E-state index in [-0.39, 0.29) is 5.54 Å². The Kier molecular flexibility index (Phi) is 4.26. The first-order chi connectivity index (χ1) is 8.93. The Morgan fingerprint density at radius 1 is 1.47 bits per heavy atom. The summed E-state index contributed by atoms with van der Waals surface area (Å²) >= 11 is 0. The van der Waals surface area contributed by atoms with Crippen LogP contribution in [0, 0.1) is 5.92 Å². The molecule has 5 nitrogen and oxygen atoms in total. The van der Waals surface area contributed by atoms with Crippen LogP contribution in [0.5, 0.6) is 0 Å². The lowest BCUT2D eigenvalue weighted by Crippen LogP contribution is -2.62. The van der Waals surface area contributed by atoms with Crippen molar-refractivity contribution in [2.45, 2.75) is 59.3 Å². The van der Waals surface area contributed by atoms with Gasteiger partial charge in [-0.3, -0.25) is 4.90 Å². The zero-order chi connectivity index (χ0) is 14.0. The Balaban J connectivity index is 2.14. The first-order valence-corrected chi connectivity index (χ1v) is 7.28. The van der Waals surface area contributed by atoms with E-state index in [1.807, 2.05) is 4.68 Å². The second kappa shape index (κ2) is 5.59. The first kappa shape index (κ1) is 14.5. The lowest BCUT2D eigenvalue weighted by Gasteiger charge is -2.46. The van der Waals surface area contributed by atoms with E-state index in [4.69, 9.17) is 0 Å². The van der Waals surface area contributed by atoms with Crippen LogP contribution in [0.2, 0.25) is 0 Å². The third kappa shape index (κ3) is 3.34. The molecule has 0 spiro atoms. The molecule has 2 rings (SSSR count). The molecule has 0 amide bonds. The van der Waals surface area contributed by atoms with Crippen LogP contribution < -0.4 is 5.32 Å². The fourth-order valence-corrected chi connectivity index (χ4v) is 2.88. The van der Waals surface area contributed by atoms with Gasteiger partial charge in [0.15, 0.2) is 0 Å². The van der Waals surface area contributed by atoms with E-state index >= 15 is 0 Å². The van der Waals surface area contributed by atoms with Crippen molar-refractivity contribution >= 4 is 0 Å². The van der Waals surface area contributed by atoms with E-state index in [9.17, 15) is 0 Å². The summed E-state index contributed by atoms with van der Waals surface area (Å²) in [7, 11) is 0. The Labute approximate surface area is 116 Å². The van der Waals surface area contributed by atoms with Crippen molar-refractivity contribution in [3.05, 3.63) is 12.2 Å². The lowest BCUT2D eigenvalue weighted by atomic mass is 9.93. The molecule has 0 aromatic carbocycles. The van der Waals surface area contributed by atoms with E-state index < -0.39 is 0 Å². The summed E-state index contributed by atoms with van der Waals surface area (Å²) in [5.41, 5.74) is 0.169. The van der Waals surface area contributed by atoms with Gasteiger partial charge in [0.05, 0.1) is 6.54 Å². The van der Waals surface area contributed by atoms with Crippen molar-refractivity contribution < 1.29 is 0 Å². The summed E-state index contributed by atoms with van der Waals surface area (Å²) in [6.45, 7) is 15.1. The Morgan fingerprint density at radius 2 is 2.21 bits per heavy atom. The maximum atomic E-state index is 4.41. The summed E-state index contributed by atoms with van der Waals surface area (Å²) in [4.78, 5) is 6.97. The van der Waals surface area contributed by atoms with E-state index in [1.165, 1.54) is 0 Å². The van der Waals surface area contributed by atoms with Crippen molar-refractivity contribution in [1.29, 1.82) is 0 Å². The maximum Gasteiger partial charge on any atom is 0.141 e. The predicted octanol–water partition coefficient (Wildman–Crippen LogP) is 1.51. The van der Waals surface area contributed by atoms with Crippen molar-refractivity contribution in [1.82, 2.24) is 25.0 Å². The largest absolute Gasteiger partial charge is 0.309 e. The van der Waals surface area contributed by atoms with Crippen LogP contribution in [0.25, 0.3) is 0 Å². The van der Waals surface area contributed by atoms with Crippen LogP contribution in [0.15, 0.2) is 6.33 Å². The number of rotatable bonds is 4. The molecule has 1 atom stereocenters. The average Bonchev–Trinajstić information content (AvgIpc) is 2.74. The van der Waals surface area contributed by atoms with Gasteiger partial charge < -0.3 is 5.32 Å². The SMILES string of the molecule is CCn1ncnc1CN1CC(C)(C)NCC1C(C)C. The van der Waals surface area contributed by atoms with E-state index in [0.29, 0.717) is 12.0 Å². The summed E-state index contributed by atoms with van der Waals surface area (Å²) < 4.78 is 1.99. The normalized spacial score (nSPS) is 24.0. The van der Waals surface area contributed by atoms with Crippen LogP contribution in [0.3, 0.4) is 0 Å². The van der Waals surface area contributed by atoms with Gasteiger partial charge in [-0.25, -0.2) is 9.67 Å². The van der Waals surface area contributed by atoms with E-state index in [0.717, 1.165) is 32.0 Å². The molecule has 1 saturated heterocycles. The van der Waals surface area contributed by atoms with Crippen LogP contribution in [-0.4, -0.2) is 44.3 Å². The van der Waals surface area contributed by atoms with Gasteiger partial charge in [-0.1, -0.05) is 13.8 Å². The minimum atomic E-state index is 0.169. The molecule has 1 aromatic heterocycles. The molecule has 0 bridgehead atoms. The van der Waals surface area contributed by atoms with Gasteiger partial charge in [0.25, 0.3) is 0 Å². The number of nitrogens with one attached hydrogen (secondary N) is 1. The number of hydrogen-bond acceptors (Lipinski definition) is 4. The van der Waals surface area contributed by atoms with E-state index in [2.05, 4.69) is 54.9 Å². The molecule has 1 aliphatic rings. The molecule has 19 heavy (non-hydrogen) atoms. The van der Waals surface area contributed by atoms with Crippen molar-refractivity contribution in [3.8, 4) is 0 Å². The van der Waals surface area contributed by atoms with Crippen LogP contribution >= 0.6 is 0 Å². The third-order valence-corrected chi connectivity index (χ3v) is 3.97. The van der Waals surface area contributed by atoms with Crippen molar-refractivity contribution in [2.24, 2.45) is 5.92 Å².